The van der Waals surface area contributed by atoms with Crippen LogP contribution in [0.5, 0.6) is 0 Å². The predicted molar refractivity (Wildman–Crippen MR) is 94.6 cm³/mol. The van der Waals surface area contributed by atoms with Gasteiger partial charge in [-0.2, -0.15) is 0 Å². The summed E-state index contributed by atoms with van der Waals surface area (Å²) in [5, 5.41) is 1.06. The Hall–Kier alpha value is -1.60. The van der Waals surface area contributed by atoms with Gasteiger partial charge in [0.15, 0.2) is 0 Å². The van der Waals surface area contributed by atoms with Crippen molar-refractivity contribution >= 4 is 45.1 Å². The average molecular weight is 349 g/mol. The van der Waals surface area contributed by atoms with Gasteiger partial charge in [-0.05, 0) is 12.1 Å². The molecule has 0 N–H and O–H groups in total. The molecule has 1 aromatic heterocycles. The molecule has 0 saturated carbocycles. The standard InChI is InChI=1S/C16H19N3O2S2/c1-12(20)18-6-8-19(9-7-18)16(21)11-22-10-15-17-13-4-2-3-5-14(13)23-15/h2-5H,6-11H2,1H3. The zero-order valence-corrected chi connectivity index (χ0v) is 14.7. The van der Waals surface area contributed by atoms with E-state index in [0.29, 0.717) is 31.9 Å². The fraction of sp³-hybridized carbons (Fsp3) is 0.438. The molecular weight excluding hydrogens is 330 g/mol. The Morgan fingerprint density at radius 3 is 2.57 bits per heavy atom. The van der Waals surface area contributed by atoms with E-state index in [4.69, 9.17) is 0 Å². The number of amides is 2. The molecule has 3 rings (SSSR count). The number of thiazole rings is 1. The molecule has 122 valence electrons. The van der Waals surface area contributed by atoms with Crippen LogP contribution in [0.3, 0.4) is 0 Å². The van der Waals surface area contributed by atoms with Crippen LogP contribution in [-0.2, 0) is 15.3 Å². The minimum Gasteiger partial charge on any atom is -0.339 e. The van der Waals surface area contributed by atoms with Crippen LogP contribution in [0.15, 0.2) is 24.3 Å². The third-order valence-electron chi connectivity index (χ3n) is 3.87. The number of carbonyl (C=O) groups is 2. The van der Waals surface area contributed by atoms with Gasteiger partial charge in [-0.3, -0.25) is 9.59 Å². The molecule has 1 saturated heterocycles. The summed E-state index contributed by atoms with van der Waals surface area (Å²) >= 11 is 3.29. The van der Waals surface area contributed by atoms with Crippen LogP contribution in [0.2, 0.25) is 0 Å². The van der Waals surface area contributed by atoms with E-state index in [9.17, 15) is 9.59 Å². The maximum Gasteiger partial charge on any atom is 0.232 e. The molecule has 0 atom stereocenters. The maximum atomic E-state index is 12.2. The molecule has 1 aliphatic heterocycles. The number of hydrogen-bond donors (Lipinski definition) is 0. The van der Waals surface area contributed by atoms with Gasteiger partial charge < -0.3 is 9.80 Å². The van der Waals surface area contributed by atoms with Crippen molar-refractivity contribution in [3.05, 3.63) is 29.3 Å². The molecule has 0 bridgehead atoms. The first kappa shape index (κ1) is 16.3. The molecule has 0 radical (unpaired) electrons. The zero-order valence-electron chi connectivity index (χ0n) is 13.0. The molecule has 2 amide bonds. The third kappa shape index (κ3) is 4.03. The summed E-state index contributed by atoms with van der Waals surface area (Å²) in [7, 11) is 0. The molecule has 0 spiro atoms. The monoisotopic (exact) mass is 349 g/mol. The summed E-state index contributed by atoms with van der Waals surface area (Å²) in [5.74, 6) is 1.47. The average Bonchev–Trinajstić information content (AvgIpc) is 2.97. The van der Waals surface area contributed by atoms with Gasteiger partial charge in [-0.25, -0.2) is 4.98 Å². The van der Waals surface area contributed by atoms with Crippen LogP contribution >= 0.6 is 23.1 Å². The van der Waals surface area contributed by atoms with Crippen molar-refractivity contribution < 1.29 is 9.59 Å². The Bertz CT molecular complexity index is 675. The molecule has 0 unspecified atom stereocenters. The Kier molecular flexibility index (Phi) is 5.17. The fourth-order valence-corrected chi connectivity index (χ4v) is 4.52. The van der Waals surface area contributed by atoms with Crippen molar-refractivity contribution in [3.63, 3.8) is 0 Å². The molecule has 2 heterocycles. The topological polar surface area (TPSA) is 53.5 Å². The molecule has 0 aliphatic carbocycles. The molecule has 7 heteroatoms. The molecule has 2 aromatic rings. The SMILES string of the molecule is CC(=O)N1CCN(C(=O)CSCc2nc3ccccc3s2)CC1. The van der Waals surface area contributed by atoms with Gasteiger partial charge in [0.25, 0.3) is 0 Å². The van der Waals surface area contributed by atoms with E-state index in [1.165, 1.54) is 4.70 Å². The van der Waals surface area contributed by atoms with Crippen molar-refractivity contribution in [2.75, 3.05) is 31.9 Å². The molecule has 5 nitrogen and oxygen atoms in total. The van der Waals surface area contributed by atoms with Crippen molar-refractivity contribution in [1.29, 1.82) is 0 Å². The minimum absolute atomic E-state index is 0.0855. The number of para-hydroxylation sites is 1. The van der Waals surface area contributed by atoms with Crippen LogP contribution in [0, 0.1) is 0 Å². The van der Waals surface area contributed by atoms with Crippen LogP contribution in [0.1, 0.15) is 11.9 Å². The first-order chi connectivity index (χ1) is 11.1. The van der Waals surface area contributed by atoms with Gasteiger partial charge in [0.2, 0.25) is 11.8 Å². The predicted octanol–water partition coefficient (Wildman–Crippen LogP) is 2.22. The number of benzene rings is 1. The molecule has 1 fully saturated rings. The van der Waals surface area contributed by atoms with Crippen LogP contribution in [0.25, 0.3) is 10.2 Å². The van der Waals surface area contributed by atoms with Crippen LogP contribution < -0.4 is 0 Å². The number of fused-ring (bicyclic) bond motifs is 1. The van der Waals surface area contributed by atoms with Gasteiger partial charge in [-0.1, -0.05) is 12.1 Å². The number of aromatic nitrogens is 1. The number of nitrogens with zero attached hydrogens (tertiary/aromatic N) is 3. The van der Waals surface area contributed by atoms with Crippen LogP contribution in [0.4, 0.5) is 0 Å². The van der Waals surface area contributed by atoms with Crippen LogP contribution in [-0.4, -0.2) is 58.5 Å². The van der Waals surface area contributed by atoms with Crippen molar-refractivity contribution in [2.45, 2.75) is 12.7 Å². The maximum absolute atomic E-state index is 12.2. The highest BCUT2D eigenvalue weighted by atomic mass is 32.2. The Balaban J connectivity index is 1.45. The zero-order chi connectivity index (χ0) is 16.2. The Morgan fingerprint density at radius 1 is 1.17 bits per heavy atom. The number of piperazine rings is 1. The number of rotatable bonds is 4. The first-order valence-electron chi connectivity index (χ1n) is 7.59. The summed E-state index contributed by atoms with van der Waals surface area (Å²) < 4.78 is 1.19. The summed E-state index contributed by atoms with van der Waals surface area (Å²) in [6.07, 6.45) is 0. The van der Waals surface area contributed by atoms with Crippen molar-refractivity contribution in [3.8, 4) is 0 Å². The highest BCUT2D eigenvalue weighted by Gasteiger charge is 2.22. The van der Waals surface area contributed by atoms with E-state index in [1.807, 2.05) is 23.1 Å². The van der Waals surface area contributed by atoms with Crippen molar-refractivity contribution in [2.24, 2.45) is 0 Å². The number of carbonyl (C=O) groups excluding carboxylic acids is 2. The summed E-state index contributed by atoms with van der Waals surface area (Å²) in [6, 6.07) is 8.09. The molecular formula is C16H19N3O2S2. The van der Waals surface area contributed by atoms with E-state index < -0.39 is 0 Å². The third-order valence-corrected chi connectivity index (χ3v) is 6.01. The molecule has 1 aliphatic rings. The highest BCUT2D eigenvalue weighted by molar-refractivity contribution is 7.99. The second kappa shape index (κ2) is 7.31. The summed E-state index contributed by atoms with van der Waals surface area (Å²) in [5.41, 5.74) is 1.03. The highest BCUT2D eigenvalue weighted by Crippen LogP contribution is 2.24. The van der Waals surface area contributed by atoms with E-state index in [2.05, 4.69) is 11.1 Å². The first-order valence-corrected chi connectivity index (χ1v) is 9.56. The second-order valence-corrected chi connectivity index (χ2v) is 7.56. The lowest BCUT2D eigenvalue weighted by Gasteiger charge is -2.34. The van der Waals surface area contributed by atoms with E-state index in [-0.39, 0.29) is 11.8 Å². The largest absolute Gasteiger partial charge is 0.339 e. The lowest BCUT2D eigenvalue weighted by Crippen LogP contribution is -2.50. The minimum atomic E-state index is 0.0855. The second-order valence-electron chi connectivity index (χ2n) is 5.45. The number of thioether (sulfide) groups is 1. The lowest BCUT2D eigenvalue weighted by molar-refractivity contribution is -0.136. The Labute approximate surface area is 143 Å². The van der Waals surface area contributed by atoms with Gasteiger partial charge in [-0.15, -0.1) is 23.1 Å². The van der Waals surface area contributed by atoms with Gasteiger partial charge >= 0.3 is 0 Å². The van der Waals surface area contributed by atoms with Gasteiger partial charge in [0, 0.05) is 38.9 Å². The lowest BCUT2D eigenvalue weighted by atomic mass is 10.3. The number of hydrogen-bond acceptors (Lipinski definition) is 5. The normalized spacial score (nSPS) is 15.2. The molecule has 1 aromatic carbocycles. The Morgan fingerprint density at radius 2 is 1.87 bits per heavy atom. The van der Waals surface area contributed by atoms with E-state index in [0.717, 1.165) is 16.3 Å². The van der Waals surface area contributed by atoms with Gasteiger partial charge in [0.1, 0.15) is 5.01 Å². The fourth-order valence-electron chi connectivity index (χ4n) is 2.57. The van der Waals surface area contributed by atoms with E-state index >= 15 is 0 Å². The smallest absolute Gasteiger partial charge is 0.232 e. The van der Waals surface area contributed by atoms with Crippen molar-refractivity contribution in [1.82, 2.24) is 14.8 Å². The molecule has 23 heavy (non-hydrogen) atoms. The van der Waals surface area contributed by atoms with E-state index in [1.54, 1.807) is 34.9 Å². The van der Waals surface area contributed by atoms with Gasteiger partial charge in [0.05, 0.1) is 16.0 Å². The quantitative estimate of drug-likeness (QED) is 0.849. The summed E-state index contributed by atoms with van der Waals surface area (Å²) in [6.45, 7) is 4.14. The summed E-state index contributed by atoms with van der Waals surface area (Å²) in [4.78, 5) is 31.7.